The number of H-pyrrole nitrogens is 1. The highest BCUT2D eigenvalue weighted by Crippen LogP contribution is 2.31. The van der Waals surface area contributed by atoms with Crippen molar-refractivity contribution in [3.05, 3.63) is 56.1 Å². The van der Waals surface area contributed by atoms with Crippen molar-refractivity contribution in [3.63, 3.8) is 0 Å². The van der Waals surface area contributed by atoms with Crippen molar-refractivity contribution in [1.29, 1.82) is 5.41 Å². The maximum atomic E-state index is 13.4. The lowest BCUT2D eigenvalue weighted by atomic mass is 9.90. The largest absolute Gasteiger partial charge is 0.367 e. The predicted octanol–water partition coefficient (Wildman–Crippen LogP) is 2.40. The Morgan fingerprint density at radius 2 is 1.89 bits per heavy atom. The summed E-state index contributed by atoms with van der Waals surface area (Å²) in [5.41, 5.74) is 3.41. The topological polar surface area (TPSA) is 134 Å². The summed E-state index contributed by atoms with van der Waals surface area (Å²) in [6, 6.07) is 3.71. The molecule has 2 fully saturated rings. The molecule has 204 valence electrons. The first kappa shape index (κ1) is 27.5. The Bertz CT molecular complexity index is 1270. The second-order valence-corrected chi connectivity index (χ2v) is 10.9. The van der Waals surface area contributed by atoms with Crippen LogP contribution in [0.1, 0.15) is 71.0 Å². The molecule has 0 aliphatic carbocycles. The number of hydrogen-bond acceptors (Lipinski definition) is 7. The molecule has 0 atom stereocenters. The molecule has 4 rings (SSSR count). The van der Waals surface area contributed by atoms with E-state index in [0.29, 0.717) is 35.6 Å². The second kappa shape index (κ2) is 11.5. The van der Waals surface area contributed by atoms with Gasteiger partial charge in [0.15, 0.2) is 0 Å². The van der Waals surface area contributed by atoms with Crippen molar-refractivity contribution in [2.75, 3.05) is 38.5 Å². The number of carbonyl (C=O) groups excluding carboxylic acids is 2. The van der Waals surface area contributed by atoms with E-state index in [-0.39, 0.29) is 41.8 Å². The SMILES string of the molecule is Cc1cc(C)c(CNC(=O)c2cc(C3CCN(C(=O)C4CN(C)C4)CC3)nc(NC(C)C)c2C=N)c(=O)[nH]1. The van der Waals surface area contributed by atoms with E-state index in [1.807, 2.05) is 45.7 Å². The normalized spacial score (nSPS) is 16.8. The van der Waals surface area contributed by atoms with Gasteiger partial charge in [0.25, 0.3) is 11.5 Å². The van der Waals surface area contributed by atoms with Crippen molar-refractivity contribution in [2.24, 2.45) is 5.92 Å². The molecule has 0 bridgehead atoms. The monoisotopic (exact) mass is 521 g/mol. The van der Waals surface area contributed by atoms with E-state index in [1.54, 1.807) is 6.07 Å². The van der Waals surface area contributed by atoms with Crippen molar-refractivity contribution in [3.8, 4) is 0 Å². The molecule has 0 spiro atoms. The lowest BCUT2D eigenvalue weighted by molar-refractivity contribution is -0.141. The van der Waals surface area contributed by atoms with E-state index in [2.05, 4.69) is 20.5 Å². The Labute approximate surface area is 223 Å². The number of amides is 2. The maximum absolute atomic E-state index is 13.4. The zero-order chi connectivity index (χ0) is 27.6. The summed E-state index contributed by atoms with van der Waals surface area (Å²) in [5, 5.41) is 14.2. The minimum atomic E-state index is -0.361. The Morgan fingerprint density at radius 1 is 1.21 bits per heavy atom. The molecule has 0 aromatic carbocycles. The minimum Gasteiger partial charge on any atom is -0.367 e. The Kier molecular flexibility index (Phi) is 8.30. The zero-order valence-electron chi connectivity index (χ0n) is 23.0. The molecule has 0 saturated carbocycles. The number of aromatic amines is 1. The molecular weight excluding hydrogens is 482 g/mol. The molecule has 4 heterocycles. The smallest absolute Gasteiger partial charge is 0.253 e. The molecule has 2 aliphatic heterocycles. The zero-order valence-corrected chi connectivity index (χ0v) is 23.0. The first-order valence-electron chi connectivity index (χ1n) is 13.3. The van der Waals surface area contributed by atoms with Crippen molar-refractivity contribution in [2.45, 2.75) is 59.0 Å². The number of hydrogen-bond donors (Lipinski definition) is 4. The van der Waals surface area contributed by atoms with Gasteiger partial charge in [-0.25, -0.2) is 4.98 Å². The summed E-state index contributed by atoms with van der Waals surface area (Å²) in [6.45, 7) is 10.7. The van der Waals surface area contributed by atoms with Crippen LogP contribution in [0.4, 0.5) is 5.82 Å². The van der Waals surface area contributed by atoms with Crippen LogP contribution in [0.2, 0.25) is 0 Å². The quantitative estimate of drug-likeness (QED) is 0.394. The number of piperidine rings is 1. The van der Waals surface area contributed by atoms with E-state index in [4.69, 9.17) is 10.4 Å². The van der Waals surface area contributed by atoms with E-state index in [9.17, 15) is 14.4 Å². The fraction of sp³-hybridized carbons (Fsp3) is 0.536. The molecule has 0 radical (unpaired) electrons. The number of aromatic nitrogens is 2. The van der Waals surface area contributed by atoms with Gasteiger partial charge in [-0.05, 0) is 65.3 Å². The molecule has 2 saturated heterocycles. The van der Waals surface area contributed by atoms with Gasteiger partial charge >= 0.3 is 0 Å². The number of carbonyl (C=O) groups is 2. The average Bonchev–Trinajstić information content (AvgIpc) is 2.85. The van der Waals surface area contributed by atoms with Crippen LogP contribution in [0.5, 0.6) is 0 Å². The second-order valence-electron chi connectivity index (χ2n) is 10.9. The Balaban J connectivity index is 1.55. The third-order valence-corrected chi connectivity index (χ3v) is 7.45. The maximum Gasteiger partial charge on any atom is 0.253 e. The summed E-state index contributed by atoms with van der Waals surface area (Å²) in [7, 11) is 2.02. The van der Waals surface area contributed by atoms with Crippen molar-refractivity contribution < 1.29 is 9.59 Å². The van der Waals surface area contributed by atoms with Crippen molar-refractivity contribution >= 4 is 23.8 Å². The number of likely N-dealkylation sites (tertiary alicyclic amines) is 2. The third kappa shape index (κ3) is 5.96. The van der Waals surface area contributed by atoms with Crippen LogP contribution >= 0.6 is 0 Å². The molecule has 2 amide bonds. The van der Waals surface area contributed by atoms with Crippen LogP contribution in [0.25, 0.3) is 0 Å². The van der Waals surface area contributed by atoms with Crippen LogP contribution < -0.4 is 16.2 Å². The van der Waals surface area contributed by atoms with Crippen LogP contribution in [-0.2, 0) is 11.3 Å². The molecule has 38 heavy (non-hydrogen) atoms. The number of nitrogens with one attached hydrogen (secondary N) is 4. The van der Waals surface area contributed by atoms with Crippen LogP contribution in [0.15, 0.2) is 16.9 Å². The fourth-order valence-electron chi connectivity index (χ4n) is 5.38. The predicted molar refractivity (Wildman–Crippen MR) is 148 cm³/mol. The first-order valence-corrected chi connectivity index (χ1v) is 13.3. The number of anilines is 1. The van der Waals surface area contributed by atoms with Crippen molar-refractivity contribution in [1.82, 2.24) is 25.1 Å². The summed E-state index contributed by atoms with van der Waals surface area (Å²) >= 11 is 0. The number of rotatable bonds is 8. The van der Waals surface area contributed by atoms with Gasteiger partial charge in [-0.1, -0.05) is 0 Å². The molecule has 2 aromatic rings. The average molecular weight is 522 g/mol. The van der Waals surface area contributed by atoms with Gasteiger partial charge in [-0.2, -0.15) is 0 Å². The fourth-order valence-corrected chi connectivity index (χ4v) is 5.38. The Hall–Kier alpha value is -3.53. The van der Waals surface area contributed by atoms with E-state index >= 15 is 0 Å². The third-order valence-electron chi connectivity index (χ3n) is 7.45. The van der Waals surface area contributed by atoms with Crippen LogP contribution in [-0.4, -0.2) is 77.1 Å². The van der Waals surface area contributed by atoms with E-state index < -0.39 is 0 Å². The van der Waals surface area contributed by atoms with E-state index in [1.165, 1.54) is 0 Å². The number of nitrogens with zero attached hydrogens (tertiary/aromatic N) is 3. The van der Waals surface area contributed by atoms with Gasteiger partial charge in [0.1, 0.15) is 5.82 Å². The lowest BCUT2D eigenvalue weighted by Gasteiger charge is -2.40. The van der Waals surface area contributed by atoms with Crippen LogP contribution in [0.3, 0.4) is 0 Å². The van der Waals surface area contributed by atoms with Gasteiger partial charge in [-0.15, -0.1) is 0 Å². The number of pyridine rings is 2. The summed E-state index contributed by atoms with van der Waals surface area (Å²) in [6.07, 6.45) is 2.69. The summed E-state index contributed by atoms with van der Waals surface area (Å²) in [5.74, 6) is 0.572. The lowest BCUT2D eigenvalue weighted by Crippen LogP contribution is -2.53. The van der Waals surface area contributed by atoms with Gasteiger partial charge in [0, 0.05) is 73.4 Å². The van der Waals surface area contributed by atoms with Gasteiger partial charge in [0.05, 0.1) is 11.5 Å². The van der Waals surface area contributed by atoms with Gasteiger partial charge in [-0.3, -0.25) is 14.4 Å². The molecule has 10 nitrogen and oxygen atoms in total. The molecule has 2 aromatic heterocycles. The first-order chi connectivity index (χ1) is 18.1. The van der Waals surface area contributed by atoms with E-state index in [0.717, 1.165) is 49.1 Å². The molecule has 4 N–H and O–H groups in total. The highest BCUT2D eigenvalue weighted by molar-refractivity contribution is 6.04. The minimum absolute atomic E-state index is 0.0567. The summed E-state index contributed by atoms with van der Waals surface area (Å²) < 4.78 is 0. The molecule has 2 aliphatic rings. The highest BCUT2D eigenvalue weighted by atomic mass is 16.2. The molecule has 10 heteroatoms. The molecule has 0 unspecified atom stereocenters. The van der Waals surface area contributed by atoms with Crippen LogP contribution in [0, 0.1) is 25.2 Å². The Morgan fingerprint density at radius 3 is 2.47 bits per heavy atom. The number of aryl methyl sites for hydroxylation is 2. The summed E-state index contributed by atoms with van der Waals surface area (Å²) in [4.78, 5) is 50.4. The molecular formula is C28H39N7O3. The van der Waals surface area contributed by atoms with Gasteiger partial charge < -0.3 is 30.8 Å². The standard InChI is InChI=1S/C28H39N7O3/c1-16(2)31-25-22(12-29)21(26(36)30-13-23-17(3)10-18(4)32-27(23)37)11-24(33-25)19-6-8-35(9-7-19)28(38)20-14-34(5)15-20/h10-12,16,19-20,29H,6-9,13-15H2,1-5H3,(H,30,36)(H,31,33)(H,32,37). The van der Waals surface area contributed by atoms with Gasteiger partial charge in [0.2, 0.25) is 5.91 Å². The highest BCUT2D eigenvalue weighted by Gasteiger charge is 2.35.